The van der Waals surface area contributed by atoms with Crippen LogP contribution in [0.15, 0.2) is 18.2 Å². The third kappa shape index (κ3) is 4.22. The third-order valence-electron chi connectivity index (χ3n) is 3.78. The van der Waals surface area contributed by atoms with E-state index < -0.39 is 33.9 Å². The molecule has 1 heterocycles. The van der Waals surface area contributed by atoms with E-state index in [0.717, 1.165) is 5.56 Å². The van der Waals surface area contributed by atoms with Crippen molar-refractivity contribution in [3.05, 3.63) is 29.3 Å². The molecule has 1 fully saturated rings. The van der Waals surface area contributed by atoms with Crippen molar-refractivity contribution in [2.24, 2.45) is 0 Å². The second kappa shape index (κ2) is 6.57. The summed E-state index contributed by atoms with van der Waals surface area (Å²) in [5.74, 6) is -1.23. The van der Waals surface area contributed by atoms with Crippen LogP contribution in [-0.4, -0.2) is 43.9 Å². The summed E-state index contributed by atoms with van der Waals surface area (Å²) in [7, 11) is -3.08. The molecule has 0 bridgehead atoms. The van der Waals surface area contributed by atoms with Crippen molar-refractivity contribution in [1.29, 1.82) is 0 Å². The van der Waals surface area contributed by atoms with Gasteiger partial charge in [0.15, 0.2) is 15.9 Å². The molecule has 1 aromatic rings. The van der Waals surface area contributed by atoms with Crippen molar-refractivity contribution in [1.82, 2.24) is 5.32 Å². The minimum atomic E-state index is -3.08. The largest absolute Gasteiger partial charge is 0.449 e. The lowest BCUT2D eigenvalue weighted by atomic mass is 10.1. The molecule has 0 saturated carbocycles. The number of aryl methyl sites for hydroxylation is 1. The van der Waals surface area contributed by atoms with Crippen LogP contribution in [-0.2, 0) is 19.4 Å². The molecule has 0 unspecified atom stereocenters. The Hall–Kier alpha value is -2.09. The molecule has 0 radical (unpaired) electrons. The monoisotopic (exact) mass is 340 g/mol. The van der Waals surface area contributed by atoms with Crippen LogP contribution in [0.5, 0.6) is 0 Å². The van der Waals surface area contributed by atoms with Crippen molar-refractivity contribution in [3.63, 3.8) is 0 Å². The summed E-state index contributed by atoms with van der Waals surface area (Å²) in [6, 6.07) is 4.54. The average molecular weight is 340 g/mol. The minimum absolute atomic E-state index is 0.0614. The van der Waals surface area contributed by atoms with Gasteiger partial charge in [0.25, 0.3) is 5.91 Å². The second-order valence-electron chi connectivity index (χ2n) is 5.69. The van der Waals surface area contributed by atoms with Crippen molar-refractivity contribution in [2.75, 3.05) is 17.2 Å². The van der Waals surface area contributed by atoms with Crippen LogP contribution in [0.4, 0.5) is 5.69 Å². The normalized spacial score (nSPS) is 20.7. The first-order valence-electron chi connectivity index (χ1n) is 7.26. The van der Waals surface area contributed by atoms with E-state index in [1.165, 1.54) is 13.0 Å². The minimum Gasteiger partial charge on any atom is -0.449 e. The Bertz CT molecular complexity index is 729. The van der Waals surface area contributed by atoms with Crippen LogP contribution in [0.25, 0.3) is 0 Å². The predicted molar refractivity (Wildman–Crippen MR) is 85.7 cm³/mol. The number of hydrogen-bond donors (Lipinski definition) is 2. The number of esters is 1. The summed E-state index contributed by atoms with van der Waals surface area (Å²) < 4.78 is 27.9. The summed E-state index contributed by atoms with van der Waals surface area (Å²) in [6.45, 7) is 3.20. The van der Waals surface area contributed by atoms with Crippen LogP contribution in [0.1, 0.15) is 29.3 Å². The SMILES string of the molecule is Cc1cccc(C(=O)O[C@@H](C)C(=O)N[C@H]2CCS(=O)(=O)C2)c1N. The molecule has 2 rings (SSSR count). The molecule has 0 aliphatic carbocycles. The van der Waals surface area contributed by atoms with Crippen molar-refractivity contribution in [3.8, 4) is 0 Å². The van der Waals surface area contributed by atoms with E-state index in [4.69, 9.17) is 10.5 Å². The number of nitrogen functional groups attached to an aromatic ring is 1. The fraction of sp³-hybridized carbons (Fsp3) is 0.467. The molecule has 1 amide bonds. The van der Waals surface area contributed by atoms with Gasteiger partial charge < -0.3 is 15.8 Å². The van der Waals surface area contributed by atoms with E-state index in [9.17, 15) is 18.0 Å². The van der Waals surface area contributed by atoms with Gasteiger partial charge in [-0.2, -0.15) is 0 Å². The number of nitrogens with one attached hydrogen (secondary N) is 1. The molecular weight excluding hydrogens is 320 g/mol. The van der Waals surface area contributed by atoms with Gasteiger partial charge in [0.1, 0.15) is 0 Å². The van der Waals surface area contributed by atoms with Gasteiger partial charge in [-0.3, -0.25) is 4.79 Å². The van der Waals surface area contributed by atoms with Crippen molar-refractivity contribution >= 4 is 27.4 Å². The standard InChI is InChI=1S/C15H20N2O5S/c1-9-4-3-5-12(13(9)16)15(19)22-10(2)14(18)17-11-6-7-23(20,21)8-11/h3-5,10-11H,6-8,16H2,1-2H3,(H,17,18)/t10-,11-/m0/s1. The molecule has 0 spiro atoms. The zero-order valence-corrected chi connectivity index (χ0v) is 13.9. The third-order valence-corrected chi connectivity index (χ3v) is 5.54. The number of amides is 1. The van der Waals surface area contributed by atoms with Gasteiger partial charge in [-0.1, -0.05) is 12.1 Å². The average Bonchev–Trinajstić information content (AvgIpc) is 2.80. The molecule has 126 valence electrons. The number of rotatable bonds is 4. The van der Waals surface area contributed by atoms with Gasteiger partial charge in [-0.05, 0) is 31.9 Å². The first-order valence-corrected chi connectivity index (χ1v) is 9.08. The van der Waals surface area contributed by atoms with Crippen LogP contribution in [0, 0.1) is 6.92 Å². The van der Waals surface area contributed by atoms with Crippen LogP contribution >= 0.6 is 0 Å². The smallest absolute Gasteiger partial charge is 0.341 e. The van der Waals surface area contributed by atoms with Gasteiger partial charge in [0.2, 0.25) is 0 Å². The Morgan fingerprint density at radius 3 is 2.70 bits per heavy atom. The summed E-state index contributed by atoms with van der Waals surface area (Å²) >= 11 is 0. The highest BCUT2D eigenvalue weighted by atomic mass is 32.2. The molecule has 2 atom stereocenters. The number of carbonyl (C=O) groups is 2. The zero-order valence-electron chi connectivity index (χ0n) is 13.0. The maximum Gasteiger partial charge on any atom is 0.341 e. The first-order chi connectivity index (χ1) is 10.7. The molecule has 7 nitrogen and oxygen atoms in total. The van der Waals surface area contributed by atoms with E-state index in [2.05, 4.69) is 5.32 Å². The fourth-order valence-corrected chi connectivity index (χ4v) is 4.04. The highest BCUT2D eigenvalue weighted by Gasteiger charge is 2.31. The number of nitrogens with two attached hydrogens (primary N) is 1. The molecular formula is C15H20N2O5S. The van der Waals surface area contributed by atoms with Gasteiger partial charge in [0, 0.05) is 11.7 Å². The summed E-state index contributed by atoms with van der Waals surface area (Å²) in [6.07, 6.45) is -0.662. The molecule has 8 heteroatoms. The van der Waals surface area contributed by atoms with Crippen molar-refractivity contribution in [2.45, 2.75) is 32.4 Å². The summed E-state index contributed by atoms with van der Waals surface area (Å²) in [5.41, 5.74) is 7.09. The molecule has 0 aromatic heterocycles. The van der Waals surface area contributed by atoms with Gasteiger partial charge >= 0.3 is 5.97 Å². The molecule has 23 heavy (non-hydrogen) atoms. The lowest BCUT2D eigenvalue weighted by molar-refractivity contribution is -0.129. The summed E-state index contributed by atoms with van der Waals surface area (Å²) in [5, 5.41) is 2.59. The molecule has 3 N–H and O–H groups in total. The Balaban J connectivity index is 1.95. The number of sulfone groups is 1. The van der Waals surface area contributed by atoms with E-state index in [-0.39, 0.29) is 17.1 Å². The zero-order chi connectivity index (χ0) is 17.2. The molecule has 1 saturated heterocycles. The second-order valence-corrected chi connectivity index (χ2v) is 7.92. The molecule has 1 aromatic carbocycles. The van der Waals surface area contributed by atoms with Crippen LogP contribution < -0.4 is 11.1 Å². The Kier molecular flexibility index (Phi) is 4.93. The topological polar surface area (TPSA) is 116 Å². The lowest BCUT2D eigenvalue weighted by Crippen LogP contribution is -2.42. The quantitative estimate of drug-likeness (QED) is 0.606. The lowest BCUT2D eigenvalue weighted by Gasteiger charge is -2.17. The maximum absolute atomic E-state index is 12.1. The maximum atomic E-state index is 12.1. The number of para-hydroxylation sites is 1. The Morgan fingerprint density at radius 2 is 2.09 bits per heavy atom. The number of ether oxygens (including phenoxy) is 1. The highest BCUT2D eigenvalue weighted by molar-refractivity contribution is 7.91. The van der Waals surface area contributed by atoms with E-state index in [1.807, 2.05) is 0 Å². The fourth-order valence-electron chi connectivity index (χ4n) is 2.36. The van der Waals surface area contributed by atoms with Crippen LogP contribution in [0.3, 0.4) is 0 Å². The number of benzene rings is 1. The number of carbonyl (C=O) groups excluding carboxylic acids is 2. The molecule has 1 aliphatic heterocycles. The van der Waals surface area contributed by atoms with E-state index >= 15 is 0 Å². The predicted octanol–water partition coefficient (Wildman–Crippen LogP) is 0.426. The van der Waals surface area contributed by atoms with Gasteiger partial charge in [-0.15, -0.1) is 0 Å². The number of hydrogen-bond acceptors (Lipinski definition) is 6. The van der Waals surface area contributed by atoms with Gasteiger partial charge in [0.05, 0.1) is 17.1 Å². The Morgan fingerprint density at radius 1 is 1.39 bits per heavy atom. The van der Waals surface area contributed by atoms with E-state index in [0.29, 0.717) is 12.1 Å². The highest BCUT2D eigenvalue weighted by Crippen LogP contribution is 2.18. The number of anilines is 1. The Labute approximate surface area is 135 Å². The first kappa shape index (κ1) is 17.3. The summed E-state index contributed by atoms with van der Waals surface area (Å²) in [4.78, 5) is 24.1. The van der Waals surface area contributed by atoms with Gasteiger partial charge in [-0.25, -0.2) is 13.2 Å². The van der Waals surface area contributed by atoms with Crippen LogP contribution in [0.2, 0.25) is 0 Å². The molecule has 1 aliphatic rings. The van der Waals surface area contributed by atoms with Crippen molar-refractivity contribution < 1.29 is 22.7 Å². The van der Waals surface area contributed by atoms with E-state index in [1.54, 1.807) is 19.1 Å².